The Hall–Kier alpha value is -2.86. The molecule has 2 aromatic carbocycles. The molecule has 212 valence electrons. The van der Waals surface area contributed by atoms with Crippen LogP contribution in [0.1, 0.15) is 75.6 Å². The SMILES string of the molecule is CCc1cccc2cccc(N3CCc4c(nc(OCC56CCCN5CCC6)nc4N4CCCCC(C)C4)C3)c12. The topological polar surface area (TPSA) is 44.7 Å². The summed E-state index contributed by atoms with van der Waals surface area (Å²) in [6.45, 7) is 11.7. The zero-order valence-corrected chi connectivity index (χ0v) is 24.5. The highest BCUT2D eigenvalue weighted by atomic mass is 16.5. The fourth-order valence-electron chi connectivity index (χ4n) is 8.08. The minimum Gasteiger partial charge on any atom is -0.461 e. The van der Waals surface area contributed by atoms with Crippen LogP contribution in [0.3, 0.4) is 0 Å². The monoisotopic (exact) mass is 539 g/mol. The Kier molecular flexibility index (Phi) is 7.07. The van der Waals surface area contributed by atoms with E-state index >= 15 is 0 Å². The molecule has 3 fully saturated rings. The third-order valence-corrected chi connectivity index (χ3v) is 10.2. The number of nitrogens with zero attached hydrogens (tertiary/aromatic N) is 5. The van der Waals surface area contributed by atoms with E-state index in [-0.39, 0.29) is 5.54 Å². The number of fused-ring (bicyclic) bond motifs is 3. The van der Waals surface area contributed by atoms with Gasteiger partial charge >= 0.3 is 6.01 Å². The first-order valence-corrected chi connectivity index (χ1v) is 15.9. The van der Waals surface area contributed by atoms with Crippen LogP contribution in [-0.4, -0.2) is 59.7 Å². The number of rotatable bonds is 6. The van der Waals surface area contributed by atoms with Crippen molar-refractivity contribution in [1.29, 1.82) is 0 Å². The molecule has 6 nitrogen and oxygen atoms in total. The second-order valence-corrected chi connectivity index (χ2v) is 12.8. The Morgan fingerprint density at radius 2 is 1.75 bits per heavy atom. The second kappa shape index (κ2) is 10.8. The maximum absolute atomic E-state index is 6.59. The van der Waals surface area contributed by atoms with Gasteiger partial charge < -0.3 is 14.5 Å². The summed E-state index contributed by atoms with van der Waals surface area (Å²) < 4.78 is 6.59. The molecule has 40 heavy (non-hydrogen) atoms. The Morgan fingerprint density at radius 1 is 0.925 bits per heavy atom. The van der Waals surface area contributed by atoms with E-state index < -0.39 is 0 Å². The summed E-state index contributed by atoms with van der Waals surface area (Å²) in [5, 5.41) is 2.72. The molecule has 0 bridgehead atoms. The van der Waals surface area contributed by atoms with Crippen molar-refractivity contribution in [3.63, 3.8) is 0 Å². The van der Waals surface area contributed by atoms with Gasteiger partial charge in [-0.25, -0.2) is 0 Å². The molecular weight excluding hydrogens is 494 g/mol. The van der Waals surface area contributed by atoms with E-state index in [1.165, 1.54) is 85.6 Å². The van der Waals surface area contributed by atoms with Crippen molar-refractivity contribution in [3.05, 3.63) is 53.2 Å². The van der Waals surface area contributed by atoms with Crippen molar-refractivity contribution in [2.24, 2.45) is 5.92 Å². The summed E-state index contributed by atoms with van der Waals surface area (Å²) in [6.07, 6.45) is 10.9. The lowest BCUT2D eigenvalue weighted by molar-refractivity contribution is 0.107. The molecule has 0 radical (unpaired) electrons. The highest BCUT2D eigenvalue weighted by Crippen LogP contribution is 2.40. The number of anilines is 2. The third-order valence-electron chi connectivity index (χ3n) is 10.2. The molecule has 4 aliphatic rings. The van der Waals surface area contributed by atoms with Crippen LogP contribution in [0.5, 0.6) is 6.01 Å². The highest BCUT2D eigenvalue weighted by Gasteiger charge is 2.45. The molecule has 1 aromatic heterocycles. The van der Waals surface area contributed by atoms with Gasteiger partial charge in [0.05, 0.1) is 17.8 Å². The molecule has 0 spiro atoms. The minimum atomic E-state index is 0.197. The predicted octanol–water partition coefficient (Wildman–Crippen LogP) is 6.39. The maximum Gasteiger partial charge on any atom is 0.318 e. The first-order chi connectivity index (χ1) is 19.6. The van der Waals surface area contributed by atoms with Crippen LogP contribution in [-0.2, 0) is 19.4 Å². The minimum absolute atomic E-state index is 0.197. The summed E-state index contributed by atoms with van der Waals surface area (Å²) in [6, 6.07) is 14.1. The van der Waals surface area contributed by atoms with Gasteiger partial charge in [-0.15, -0.1) is 0 Å². The molecule has 0 N–H and O–H groups in total. The van der Waals surface area contributed by atoms with Gasteiger partial charge in [-0.3, -0.25) is 4.90 Å². The van der Waals surface area contributed by atoms with E-state index in [0.717, 1.165) is 50.5 Å². The van der Waals surface area contributed by atoms with Gasteiger partial charge in [0, 0.05) is 36.3 Å². The predicted molar refractivity (Wildman–Crippen MR) is 164 cm³/mol. The average molecular weight is 540 g/mol. The molecule has 1 unspecified atom stereocenters. The molecular formula is C34H45N5O. The van der Waals surface area contributed by atoms with Gasteiger partial charge in [-0.1, -0.05) is 50.6 Å². The fraction of sp³-hybridized carbons (Fsp3) is 0.588. The smallest absolute Gasteiger partial charge is 0.318 e. The standard InChI is InChI=1S/C34H45N5O/c1-3-26-11-6-12-27-13-7-14-30(31(26)27)37-21-15-28-29(23-37)35-33(36-32(28)38-18-5-4-10-25(2)22-38)40-24-34-16-8-19-39(34)20-9-17-34/h6-7,11-14,25H,3-5,8-10,15-24H2,1-2H3. The van der Waals surface area contributed by atoms with Gasteiger partial charge in [0.2, 0.25) is 0 Å². The van der Waals surface area contributed by atoms with Crippen molar-refractivity contribution in [1.82, 2.24) is 14.9 Å². The van der Waals surface area contributed by atoms with Crippen LogP contribution in [0.15, 0.2) is 36.4 Å². The number of hydrogen-bond donors (Lipinski definition) is 0. The quantitative estimate of drug-likeness (QED) is 0.362. The van der Waals surface area contributed by atoms with E-state index in [9.17, 15) is 0 Å². The molecule has 0 aliphatic carbocycles. The number of aromatic nitrogens is 2. The van der Waals surface area contributed by atoms with Crippen LogP contribution in [0.4, 0.5) is 11.5 Å². The average Bonchev–Trinajstić information content (AvgIpc) is 3.49. The van der Waals surface area contributed by atoms with Crippen molar-refractivity contribution < 1.29 is 4.74 Å². The van der Waals surface area contributed by atoms with Gasteiger partial charge in [-0.05, 0) is 87.4 Å². The fourth-order valence-corrected chi connectivity index (χ4v) is 8.08. The zero-order chi connectivity index (χ0) is 27.1. The van der Waals surface area contributed by atoms with Crippen molar-refractivity contribution >= 4 is 22.3 Å². The third kappa shape index (κ3) is 4.72. The van der Waals surface area contributed by atoms with Crippen molar-refractivity contribution in [3.8, 4) is 6.01 Å². The Balaban J connectivity index is 1.24. The summed E-state index contributed by atoms with van der Waals surface area (Å²) in [5.41, 5.74) is 5.44. The van der Waals surface area contributed by atoms with Gasteiger partial charge in [0.1, 0.15) is 12.4 Å². The van der Waals surface area contributed by atoms with Gasteiger partial charge in [0.25, 0.3) is 0 Å². The number of ether oxygens (including phenoxy) is 1. The molecule has 3 aromatic rings. The molecule has 0 saturated carbocycles. The molecule has 4 aliphatic heterocycles. The Bertz CT molecular complexity index is 1360. The van der Waals surface area contributed by atoms with E-state index in [0.29, 0.717) is 18.5 Å². The van der Waals surface area contributed by atoms with Crippen LogP contribution in [0, 0.1) is 5.92 Å². The zero-order valence-electron chi connectivity index (χ0n) is 24.5. The number of benzene rings is 2. The largest absolute Gasteiger partial charge is 0.461 e. The normalized spacial score (nSPS) is 22.8. The van der Waals surface area contributed by atoms with Gasteiger partial charge in [-0.2, -0.15) is 9.97 Å². The van der Waals surface area contributed by atoms with Crippen molar-refractivity contribution in [2.45, 2.75) is 83.7 Å². The Morgan fingerprint density at radius 3 is 2.58 bits per heavy atom. The van der Waals surface area contributed by atoms with E-state index in [1.54, 1.807) is 0 Å². The molecule has 1 atom stereocenters. The van der Waals surface area contributed by atoms with E-state index in [2.05, 4.69) is 64.9 Å². The van der Waals surface area contributed by atoms with E-state index in [4.69, 9.17) is 14.7 Å². The number of aryl methyl sites for hydroxylation is 1. The molecule has 7 rings (SSSR count). The molecule has 5 heterocycles. The second-order valence-electron chi connectivity index (χ2n) is 12.8. The van der Waals surface area contributed by atoms with Crippen LogP contribution < -0.4 is 14.5 Å². The summed E-state index contributed by atoms with van der Waals surface area (Å²) >= 11 is 0. The maximum atomic E-state index is 6.59. The van der Waals surface area contributed by atoms with Crippen molar-refractivity contribution in [2.75, 3.05) is 49.1 Å². The van der Waals surface area contributed by atoms with E-state index in [1.807, 2.05) is 0 Å². The molecule has 6 heteroatoms. The lowest BCUT2D eigenvalue weighted by Gasteiger charge is -2.35. The lowest BCUT2D eigenvalue weighted by Crippen LogP contribution is -2.43. The lowest BCUT2D eigenvalue weighted by atomic mass is 9.95. The van der Waals surface area contributed by atoms with Crippen LogP contribution in [0.25, 0.3) is 10.8 Å². The first-order valence-electron chi connectivity index (χ1n) is 15.9. The summed E-state index contributed by atoms with van der Waals surface area (Å²) in [7, 11) is 0. The first kappa shape index (κ1) is 26.1. The molecule has 3 saturated heterocycles. The molecule has 0 amide bonds. The number of hydrogen-bond acceptors (Lipinski definition) is 6. The summed E-state index contributed by atoms with van der Waals surface area (Å²) in [4.78, 5) is 18.1. The Labute approximate surface area is 239 Å². The summed E-state index contributed by atoms with van der Waals surface area (Å²) in [5.74, 6) is 1.83. The van der Waals surface area contributed by atoms with Gasteiger partial charge in [0.15, 0.2) is 0 Å². The van der Waals surface area contributed by atoms with Crippen LogP contribution in [0.2, 0.25) is 0 Å². The highest BCUT2D eigenvalue weighted by molar-refractivity contribution is 5.97. The van der Waals surface area contributed by atoms with Crippen LogP contribution >= 0.6 is 0 Å².